The van der Waals surface area contributed by atoms with Crippen LogP contribution in [0.15, 0.2) is 79.4 Å². The van der Waals surface area contributed by atoms with E-state index in [0.29, 0.717) is 5.92 Å². The Labute approximate surface area is 149 Å². The number of rotatable bonds is 2. The number of quaternary nitrogens is 1. The normalized spacial score (nSPS) is 12.4. The maximum Gasteiger partial charge on any atom is 0.338 e. The first-order valence-corrected chi connectivity index (χ1v) is 7.52. The number of hydrogen-bond acceptors (Lipinski definition) is 3. The molecule has 2 aromatic carbocycles. The van der Waals surface area contributed by atoms with Crippen LogP contribution in [0.2, 0.25) is 0 Å². The molecule has 1 atom stereocenters. The lowest BCUT2D eigenvalue weighted by Gasteiger charge is -2.09. The Morgan fingerprint density at radius 1 is 0.920 bits per heavy atom. The Hall–Kier alpha value is -2.98. The number of carbonyl (C=O) groups excluding carboxylic acids is 2. The minimum Gasteiger partial charge on any atom is -0.387 e. The van der Waals surface area contributed by atoms with Gasteiger partial charge in [0.25, 0.3) is 0 Å². The van der Waals surface area contributed by atoms with Crippen LogP contribution in [0.5, 0.6) is 0 Å². The van der Waals surface area contributed by atoms with E-state index in [9.17, 15) is 9.59 Å². The van der Waals surface area contributed by atoms with Crippen LogP contribution in [0.3, 0.4) is 0 Å². The fourth-order valence-corrected chi connectivity index (χ4v) is 1.67. The van der Waals surface area contributed by atoms with Crippen molar-refractivity contribution in [3.63, 3.8) is 0 Å². The number of cyclic esters (lactones) is 2. The van der Waals surface area contributed by atoms with Gasteiger partial charge in [0.1, 0.15) is 0 Å². The van der Waals surface area contributed by atoms with Crippen molar-refractivity contribution < 1.29 is 14.3 Å². The van der Waals surface area contributed by atoms with Crippen molar-refractivity contribution in [2.45, 2.75) is 12.8 Å². The van der Waals surface area contributed by atoms with E-state index in [2.05, 4.69) is 37.3 Å². The molecule has 0 bridgehead atoms. The minimum absolute atomic E-state index is 0. The van der Waals surface area contributed by atoms with Gasteiger partial charge in [0, 0.05) is 12.2 Å². The number of carbonyl (C=O) groups is 2. The third-order valence-corrected chi connectivity index (χ3v) is 2.96. The lowest BCUT2D eigenvalue weighted by atomic mass is 10.0. The van der Waals surface area contributed by atoms with E-state index in [4.69, 9.17) is 0 Å². The highest BCUT2D eigenvalue weighted by Gasteiger charge is 2.10. The smallest absolute Gasteiger partial charge is 0.338 e. The molecule has 4 nitrogen and oxygen atoms in total. The van der Waals surface area contributed by atoms with Gasteiger partial charge in [-0.15, -0.1) is 5.92 Å². The topological polar surface area (TPSA) is 79.9 Å². The third kappa shape index (κ3) is 9.69. The van der Waals surface area contributed by atoms with E-state index in [1.165, 1.54) is 11.1 Å². The second-order valence-corrected chi connectivity index (χ2v) is 5.00. The first kappa shape index (κ1) is 22.0. The number of hydrogen-bond donors (Lipinski definition) is 1. The Balaban J connectivity index is 0.000000341. The zero-order chi connectivity index (χ0) is 17.8. The predicted octanol–water partition coefficient (Wildman–Crippen LogP) is 4.96. The summed E-state index contributed by atoms with van der Waals surface area (Å²) in [4.78, 5) is 19.8. The summed E-state index contributed by atoms with van der Waals surface area (Å²) >= 11 is 0. The average molecular weight is 339 g/mol. The molecular weight excluding hydrogens is 314 g/mol. The van der Waals surface area contributed by atoms with E-state index in [1.54, 1.807) is 0 Å². The summed E-state index contributed by atoms with van der Waals surface area (Å²) in [6.45, 7) is 9.63. The molecule has 0 aromatic heterocycles. The van der Waals surface area contributed by atoms with E-state index in [0.717, 1.165) is 12.2 Å². The van der Waals surface area contributed by atoms with E-state index < -0.39 is 11.9 Å². The van der Waals surface area contributed by atoms with Crippen molar-refractivity contribution in [2.75, 3.05) is 0 Å². The average Bonchev–Trinajstić information content (AvgIpc) is 3.00. The van der Waals surface area contributed by atoms with Crippen LogP contribution in [-0.2, 0) is 14.3 Å². The second kappa shape index (κ2) is 12.4. The molecule has 1 unspecified atom stereocenters. The van der Waals surface area contributed by atoms with Crippen molar-refractivity contribution in [3.8, 4) is 0 Å². The Morgan fingerprint density at radius 3 is 1.60 bits per heavy atom. The maximum absolute atomic E-state index is 9.92. The number of esters is 2. The van der Waals surface area contributed by atoms with Gasteiger partial charge in [0.05, 0.1) is 0 Å². The number of benzene rings is 2. The van der Waals surface area contributed by atoms with Gasteiger partial charge in [-0.3, -0.25) is 0 Å². The summed E-state index contributed by atoms with van der Waals surface area (Å²) in [5.41, 5.74) is 2.48. The van der Waals surface area contributed by atoms with Gasteiger partial charge in [0.2, 0.25) is 0 Å². The molecule has 2 aromatic rings. The zero-order valence-electron chi connectivity index (χ0n) is 14.7. The van der Waals surface area contributed by atoms with E-state index in [1.807, 2.05) is 54.6 Å². The molecular formula is C21H25NO3. The summed E-state index contributed by atoms with van der Waals surface area (Å²) in [7, 11) is 0. The van der Waals surface area contributed by atoms with Crippen LogP contribution >= 0.6 is 0 Å². The van der Waals surface area contributed by atoms with E-state index >= 15 is 0 Å². The summed E-state index contributed by atoms with van der Waals surface area (Å²) in [6, 6.07) is 20.3. The molecule has 4 heteroatoms. The molecule has 0 radical (unpaired) electrons. The van der Waals surface area contributed by atoms with Gasteiger partial charge in [-0.2, -0.15) is 0 Å². The largest absolute Gasteiger partial charge is 0.387 e. The highest BCUT2D eigenvalue weighted by atomic mass is 16.6. The molecule has 0 amide bonds. The van der Waals surface area contributed by atoms with Gasteiger partial charge in [0.15, 0.2) is 0 Å². The van der Waals surface area contributed by atoms with Gasteiger partial charge >= 0.3 is 11.9 Å². The predicted molar refractivity (Wildman–Crippen MR) is 103 cm³/mol. The van der Waals surface area contributed by atoms with Gasteiger partial charge in [-0.25, -0.2) is 9.59 Å². The Bertz CT molecular complexity index is 661. The van der Waals surface area contributed by atoms with Gasteiger partial charge in [-0.05, 0) is 5.56 Å². The van der Waals surface area contributed by atoms with Crippen molar-refractivity contribution in [3.05, 3.63) is 97.4 Å². The molecule has 0 spiro atoms. The van der Waals surface area contributed by atoms with Crippen LogP contribution < -0.4 is 6.15 Å². The molecule has 0 saturated carbocycles. The number of ether oxygens (including phenoxy) is 1. The fraction of sp³-hybridized carbons (Fsp3) is 0.0952. The first-order chi connectivity index (χ1) is 11.5. The lowest BCUT2D eigenvalue weighted by molar-refractivity contribution is -0.150. The monoisotopic (exact) mass is 339 g/mol. The Morgan fingerprint density at radius 2 is 1.36 bits per heavy atom. The van der Waals surface area contributed by atoms with Crippen LogP contribution in [0.1, 0.15) is 24.0 Å². The second-order valence-electron chi connectivity index (χ2n) is 5.00. The molecule has 1 aliphatic rings. The first-order valence-electron chi connectivity index (χ1n) is 7.52. The maximum atomic E-state index is 9.92. The standard InChI is InChI=1S/C9H11.C8H8.C4H2O3.H3N/c1-8(2)9-6-4-3-5-7-9;1-2-8-6-4-3-5-7-8;5-3-1-2-4(6)7-3;/h3-8H,1H2,2H3;2-7H,1H2;1-2H;1H3/q-1;;;/p+1. The van der Waals surface area contributed by atoms with Crippen molar-refractivity contribution in [1.29, 1.82) is 0 Å². The third-order valence-electron chi connectivity index (χ3n) is 2.96. The molecule has 132 valence electrons. The summed E-state index contributed by atoms with van der Waals surface area (Å²) in [5.74, 6) is -0.749. The molecule has 1 heterocycles. The molecule has 0 saturated heterocycles. The Kier molecular flexibility index (Phi) is 11.0. The fourth-order valence-electron chi connectivity index (χ4n) is 1.67. The molecule has 0 fully saturated rings. The highest BCUT2D eigenvalue weighted by Crippen LogP contribution is 2.11. The summed E-state index contributed by atoms with van der Waals surface area (Å²) in [6.07, 6.45) is 4.00. The van der Waals surface area contributed by atoms with Crippen molar-refractivity contribution in [1.82, 2.24) is 6.15 Å². The summed E-state index contributed by atoms with van der Waals surface area (Å²) in [5, 5.41) is 0. The van der Waals surface area contributed by atoms with Crippen molar-refractivity contribution >= 4 is 18.0 Å². The SMILES string of the molecule is C=Cc1ccccc1.O=C1C=CC(=O)O1.[CH2-]C(C)c1ccccc1.[NH4+]. The van der Waals surface area contributed by atoms with Gasteiger partial charge in [-0.1, -0.05) is 85.8 Å². The molecule has 0 aliphatic carbocycles. The van der Waals surface area contributed by atoms with Gasteiger partial charge < -0.3 is 17.8 Å². The van der Waals surface area contributed by atoms with Crippen LogP contribution in [0.4, 0.5) is 0 Å². The van der Waals surface area contributed by atoms with Crippen molar-refractivity contribution in [2.24, 2.45) is 0 Å². The van der Waals surface area contributed by atoms with Crippen LogP contribution in [0, 0.1) is 6.92 Å². The highest BCUT2D eigenvalue weighted by molar-refractivity contribution is 6.04. The molecule has 25 heavy (non-hydrogen) atoms. The molecule has 4 N–H and O–H groups in total. The minimum atomic E-state index is -0.579. The van der Waals surface area contributed by atoms with E-state index in [-0.39, 0.29) is 6.15 Å². The van der Waals surface area contributed by atoms with Crippen LogP contribution in [-0.4, -0.2) is 11.9 Å². The summed E-state index contributed by atoms with van der Waals surface area (Å²) < 4.78 is 3.97. The lowest BCUT2D eigenvalue weighted by Crippen LogP contribution is -1.96. The molecule has 3 rings (SSSR count). The molecule has 1 aliphatic heterocycles. The van der Waals surface area contributed by atoms with Crippen LogP contribution in [0.25, 0.3) is 6.08 Å². The zero-order valence-corrected chi connectivity index (χ0v) is 14.7. The quantitative estimate of drug-likeness (QED) is 0.477.